The van der Waals surface area contributed by atoms with Gasteiger partial charge in [0.25, 0.3) is 0 Å². The SMILES string of the molecule is c1ccc(-c2ccc3c(c2)c2cc(-c4ccccc4)cc4c5c(-c6ccccc6)c6c7ccc(-c8ccccc8)c8cccc(c6c(-c6ccccc6)c5cc3c24)c87)cc1. The van der Waals surface area contributed by atoms with Crippen LogP contribution < -0.4 is 0 Å². The van der Waals surface area contributed by atoms with Crippen LogP contribution in [0.3, 0.4) is 0 Å². The van der Waals surface area contributed by atoms with Crippen LogP contribution in [0, 0.1) is 0 Å². The molecule has 0 saturated heterocycles. The molecule has 0 unspecified atom stereocenters. The minimum atomic E-state index is 1.22. The van der Waals surface area contributed by atoms with E-state index in [-0.39, 0.29) is 0 Å². The number of hydrogen-bond donors (Lipinski definition) is 0. The highest BCUT2D eigenvalue weighted by Crippen LogP contribution is 2.55. The average Bonchev–Trinajstić information content (AvgIpc) is 3.83. The molecule has 0 heteroatoms. The largest absolute Gasteiger partial charge is 0.0622 e. The van der Waals surface area contributed by atoms with Crippen LogP contribution in [0.2, 0.25) is 0 Å². The summed E-state index contributed by atoms with van der Waals surface area (Å²) in [7, 11) is 0. The van der Waals surface area contributed by atoms with E-state index in [0.29, 0.717) is 0 Å². The molecule has 60 heavy (non-hydrogen) atoms. The van der Waals surface area contributed by atoms with E-state index in [9.17, 15) is 0 Å². The fourth-order valence-electron chi connectivity index (χ4n) is 10.6. The van der Waals surface area contributed by atoms with Crippen LogP contribution >= 0.6 is 0 Å². The third-order valence-electron chi connectivity index (χ3n) is 13.1. The lowest BCUT2D eigenvalue weighted by Gasteiger charge is -2.19. The van der Waals surface area contributed by atoms with Crippen molar-refractivity contribution in [1.82, 2.24) is 0 Å². The van der Waals surface area contributed by atoms with Crippen molar-refractivity contribution >= 4 is 75.4 Å². The molecule has 0 radical (unpaired) electrons. The molecule has 0 heterocycles. The zero-order valence-electron chi connectivity index (χ0n) is 32.8. The molecule has 13 rings (SSSR count). The predicted molar refractivity (Wildman–Crippen MR) is 259 cm³/mol. The first-order valence-electron chi connectivity index (χ1n) is 20.9. The Bertz CT molecular complexity index is 3760. The normalized spacial score (nSPS) is 12.0. The molecule has 13 aromatic rings. The summed E-state index contributed by atoms with van der Waals surface area (Å²) in [4.78, 5) is 0. The van der Waals surface area contributed by atoms with Gasteiger partial charge >= 0.3 is 0 Å². The van der Waals surface area contributed by atoms with Gasteiger partial charge in [-0.2, -0.15) is 0 Å². The molecule has 0 atom stereocenters. The van der Waals surface area contributed by atoms with E-state index >= 15 is 0 Å². The summed E-state index contributed by atoms with van der Waals surface area (Å²) in [6, 6.07) is 81.2. The summed E-state index contributed by atoms with van der Waals surface area (Å²) in [5, 5.41) is 18.3. The molecule has 0 saturated carbocycles. The van der Waals surface area contributed by atoms with E-state index in [0.717, 1.165) is 0 Å². The molecule has 0 N–H and O–H groups in total. The van der Waals surface area contributed by atoms with E-state index in [1.807, 2.05) is 0 Å². The summed E-state index contributed by atoms with van der Waals surface area (Å²) in [6.45, 7) is 0. The Labute approximate surface area is 347 Å². The lowest BCUT2D eigenvalue weighted by atomic mass is 9.83. The summed E-state index contributed by atoms with van der Waals surface area (Å²) in [5.41, 5.74) is 12.5. The van der Waals surface area contributed by atoms with Crippen LogP contribution in [0.25, 0.3) is 131 Å². The highest BCUT2D eigenvalue weighted by molar-refractivity contribution is 6.45. The second-order valence-electron chi connectivity index (χ2n) is 16.3. The van der Waals surface area contributed by atoms with Crippen LogP contribution in [0.4, 0.5) is 0 Å². The van der Waals surface area contributed by atoms with Gasteiger partial charge in [-0.25, -0.2) is 0 Å². The van der Waals surface area contributed by atoms with Gasteiger partial charge in [-0.15, -0.1) is 0 Å². The molecule has 0 fully saturated rings. The fourth-order valence-corrected chi connectivity index (χ4v) is 10.6. The molecule has 0 aliphatic carbocycles. The highest BCUT2D eigenvalue weighted by Gasteiger charge is 2.27. The van der Waals surface area contributed by atoms with Crippen LogP contribution in [-0.4, -0.2) is 0 Å². The first-order chi connectivity index (χ1) is 29.8. The third kappa shape index (κ3) is 4.73. The summed E-state index contributed by atoms with van der Waals surface area (Å²) >= 11 is 0. The molecule has 0 bridgehead atoms. The van der Waals surface area contributed by atoms with Crippen molar-refractivity contribution in [2.24, 2.45) is 0 Å². The quantitative estimate of drug-likeness (QED) is 0.153. The molecular formula is C60H36. The topological polar surface area (TPSA) is 0 Å². The lowest BCUT2D eigenvalue weighted by Crippen LogP contribution is -1.91. The zero-order chi connectivity index (χ0) is 39.3. The fraction of sp³-hybridized carbons (Fsp3) is 0. The van der Waals surface area contributed by atoms with Gasteiger partial charge < -0.3 is 0 Å². The van der Waals surface area contributed by atoms with E-state index in [1.165, 1.54) is 131 Å². The second kappa shape index (κ2) is 12.9. The Balaban J connectivity index is 1.30. The van der Waals surface area contributed by atoms with Gasteiger partial charge in [-0.3, -0.25) is 0 Å². The summed E-state index contributed by atoms with van der Waals surface area (Å²) < 4.78 is 0. The van der Waals surface area contributed by atoms with Gasteiger partial charge in [0.1, 0.15) is 0 Å². The molecule has 0 nitrogen and oxygen atoms in total. The first kappa shape index (κ1) is 33.2. The standard InChI is InChI=1S/C60H36/c1-6-17-37(18-7-1)42-29-30-45-49(33-42)50-34-43(38-19-8-2-9-20-38)35-52-57(50)51(45)36-53-54(40-23-12-4-13-24-40)59-47-28-16-27-46-44(39-21-10-3-11-22-39)31-32-48(56(46)47)60(59)55(58(52)53)41-25-14-5-15-26-41/h1-36H. The van der Waals surface area contributed by atoms with E-state index < -0.39 is 0 Å². The van der Waals surface area contributed by atoms with Crippen molar-refractivity contribution < 1.29 is 0 Å². The molecule has 0 aliphatic rings. The summed E-state index contributed by atoms with van der Waals surface area (Å²) in [6.07, 6.45) is 0. The Morgan fingerprint density at radius 1 is 0.167 bits per heavy atom. The first-order valence-corrected chi connectivity index (χ1v) is 20.9. The van der Waals surface area contributed by atoms with E-state index in [1.54, 1.807) is 0 Å². The molecular weight excluding hydrogens is 721 g/mol. The van der Waals surface area contributed by atoms with Gasteiger partial charge in [-0.1, -0.05) is 194 Å². The van der Waals surface area contributed by atoms with Crippen molar-refractivity contribution in [3.63, 3.8) is 0 Å². The van der Waals surface area contributed by atoms with Crippen molar-refractivity contribution in [2.45, 2.75) is 0 Å². The zero-order valence-corrected chi connectivity index (χ0v) is 32.8. The Hall–Kier alpha value is -7.80. The smallest absolute Gasteiger partial charge is 0.000719 e. The van der Waals surface area contributed by atoms with Gasteiger partial charge in [0.15, 0.2) is 0 Å². The van der Waals surface area contributed by atoms with Crippen molar-refractivity contribution in [2.75, 3.05) is 0 Å². The number of fused-ring (bicyclic) bond motifs is 8. The average molecular weight is 757 g/mol. The predicted octanol–water partition coefficient (Wildman–Crippen LogP) is 17.0. The van der Waals surface area contributed by atoms with E-state index in [2.05, 4.69) is 218 Å². The molecule has 276 valence electrons. The van der Waals surface area contributed by atoms with Crippen LogP contribution in [0.15, 0.2) is 218 Å². The van der Waals surface area contributed by atoms with Gasteiger partial charge in [-0.05, 0) is 155 Å². The lowest BCUT2D eigenvalue weighted by molar-refractivity contribution is 1.65. The van der Waals surface area contributed by atoms with Crippen molar-refractivity contribution in [3.05, 3.63) is 218 Å². The molecule has 0 amide bonds. The van der Waals surface area contributed by atoms with E-state index in [4.69, 9.17) is 0 Å². The van der Waals surface area contributed by atoms with Gasteiger partial charge in [0.2, 0.25) is 0 Å². The van der Waals surface area contributed by atoms with Crippen molar-refractivity contribution in [1.29, 1.82) is 0 Å². The van der Waals surface area contributed by atoms with Crippen LogP contribution in [-0.2, 0) is 0 Å². The molecule has 13 aromatic carbocycles. The maximum Gasteiger partial charge on any atom is -0.000719 e. The Morgan fingerprint density at radius 3 is 1.30 bits per heavy atom. The maximum atomic E-state index is 2.55. The maximum absolute atomic E-state index is 2.55. The molecule has 0 spiro atoms. The Kier molecular flexibility index (Phi) is 7.11. The molecule has 0 aromatic heterocycles. The molecule has 0 aliphatic heterocycles. The van der Waals surface area contributed by atoms with Crippen molar-refractivity contribution in [3.8, 4) is 55.6 Å². The third-order valence-corrected chi connectivity index (χ3v) is 13.1. The number of rotatable bonds is 5. The second-order valence-corrected chi connectivity index (χ2v) is 16.3. The monoisotopic (exact) mass is 756 g/mol. The Morgan fingerprint density at radius 2 is 0.633 bits per heavy atom. The highest BCUT2D eigenvalue weighted by atomic mass is 14.3. The minimum absolute atomic E-state index is 1.22. The minimum Gasteiger partial charge on any atom is -0.0622 e. The van der Waals surface area contributed by atoms with Gasteiger partial charge in [0, 0.05) is 0 Å². The van der Waals surface area contributed by atoms with Crippen LogP contribution in [0.1, 0.15) is 0 Å². The summed E-state index contributed by atoms with van der Waals surface area (Å²) in [5.74, 6) is 0. The van der Waals surface area contributed by atoms with Gasteiger partial charge in [0.05, 0.1) is 0 Å². The number of hydrogen-bond acceptors (Lipinski definition) is 0. The van der Waals surface area contributed by atoms with Crippen LogP contribution in [0.5, 0.6) is 0 Å². The number of benzene rings is 11.